The molecule has 0 saturated carbocycles. The molecule has 0 spiro atoms. The molecule has 1 heterocycles. The maximum absolute atomic E-state index is 14.9. The lowest BCUT2D eigenvalue weighted by Crippen LogP contribution is -2.42. The second-order valence-corrected chi connectivity index (χ2v) is 8.65. The molecule has 9 nitrogen and oxygen atoms in total. The highest BCUT2D eigenvalue weighted by atomic mass is 19.1. The molecule has 3 aromatic rings. The Morgan fingerprint density at radius 3 is 2.10 bits per heavy atom. The van der Waals surface area contributed by atoms with Crippen LogP contribution in [0, 0.1) is 17.5 Å². The van der Waals surface area contributed by atoms with Crippen molar-refractivity contribution in [2.75, 3.05) is 14.2 Å². The van der Waals surface area contributed by atoms with Gasteiger partial charge < -0.3 is 24.3 Å². The maximum atomic E-state index is 14.9. The van der Waals surface area contributed by atoms with Crippen LogP contribution >= 0.6 is 0 Å². The van der Waals surface area contributed by atoms with Gasteiger partial charge >= 0.3 is 11.9 Å². The molecule has 3 rings (SSSR count). The lowest BCUT2D eigenvalue weighted by Gasteiger charge is -2.28. The zero-order chi connectivity index (χ0) is 29.6. The Balaban J connectivity index is 1.88. The minimum Gasteiger partial charge on any atom is -0.496 e. The third-order valence-electron chi connectivity index (χ3n) is 5.85. The van der Waals surface area contributed by atoms with E-state index >= 15 is 0 Å². The van der Waals surface area contributed by atoms with Gasteiger partial charge in [0.15, 0.2) is 11.4 Å². The molecule has 0 bridgehead atoms. The van der Waals surface area contributed by atoms with E-state index in [0.29, 0.717) is 6.07 Å². The number of amides is 1. The summed E-state index contributed by atoms with van der Waals surface area (Å²) in [4.78, 5) is 41.4. The lowest BCUT2D eigenvalue weighted by atomic mass is 9.86. The van der Waals surface area contributed by atoms with Crippen molar-refractivity contribution in [2.45, 2.75) is 38.8 Å². The van der Waals surface area contributed by atoms with Crippen LogP contribution in [-0.4, -0.2) is 49.2 Å². The van der Waals surface area contributed by atoms with Gasteiger partial charge in [-0.1, -0.05) is 12.1 Å². The number of nitrogens with zero attached hydrogens (tertiary/aromatic N) is 1. The monoisotopic (exact) mass is 560 g/mol. The third-order valence-corrected chi connectivity index (χ3v) is 5.85. The fourth-order valence-electron chi connectivity index (χ4n) is 4.04. The number of esters is 2. The van der Waals surface area contributed by atoms with Crippen molar-refractivity contribution < 1.29 is 46.5 Å². The largest absolute Gasteiger partial charge is 0.496 e. The highest BCUT2D eigenvalue weighted by Gasteiger charge is 2.32. The van der Waals surface area contributed by atoms with Crippen molar-refractivity contribution in [1.82, 2.24) is 10.3 Å². The predicted octanol–water partition coefficient (Wildman–Crippen LogP) is 4.32. The number of rotatable bonds is 10. The third kappa shape index (κ3) is 6.87. The number of aromatic nitrogens is 1. The Hall–Kier alpha value is -4.61. The molecule has 0 aliphatic rings. The number of carbonyl (C=O) groups is 3. The van der Waals surface area contributed by atoms with E-state index in [4.69, 9.17) is 18.9 Å². The van der Waals surface area contributed by atoms with E-state index in [0.717, 1.165) is 25.1 Å². The van der Waals surface area contributed by atoms with Crippen molar-refractivity contribution >= 4 is 17.8 Å². The van der Waals surface area contributed by atoms with Gasteiger partial charge in [0, 0.05) is 36.9 Å². The average Bonchev–Trinajstić information content (AvgIpc) is 2.90. The van der Waals surface area contributed by atoms with E-state index in [-0.39, 0.29) is 34.1 Å². The Morgan fingerprint density at radius 1 is 0.875 bits per heavy atom. The quantitative estimate of drug-likeness (QED) is 0.365. The molecule has 2 aromatic carbocycles. The fraction of sp³-hybridized carbons (Fsp3) is 0.286. The molecule has 1 N–H and O–H groups in total. The summed E-state index contributed by atoms with van der Waals surface area (Å²) in [6, 6.07) is 6.61. The Kier molecular flexibility index (Phi) is 9.70. The smallest absolute Gasteiger partial charge is 0.328 e. The normalized spacial score (nSPS) is 13.0. The first-order valence-electron chi connectivity index (χ1n) is 12.0. The fourth-order valence-corrected chi connectivity index (χ4v) is 4.04. The van der Waals surface area contributed by atoms with Crippen LogP contribution in [0.2, 0.25) is 0 Å². The van der Waals surface area contributed by atoms with Crippen LogP contribution in [0.4, 0.5) is 13.2 Å². The second kappa shape index (κ2) is 13.0. The van der Waals surface area contributed by atoms with Gasteiger partial charge in [-0.15, -0.1) is 0 Å². The molecule has 0 aliphatic heterocycles. The van der Waals surface area contributed by atoms with E-state index in [2.05, 4.69) is 10.3 Å². The number of halogens is 3. The second-order valence-electron chi connectivity index (χ2n) is 8.65. The molecular formula is C28H27F3N2O7. The highest BCUT2D eigenvalue weighted by molar-refractivity contribution is 5.98. The first kappa shape index (κ1) is 29.9. The predicted molar refractivity (Wildman–Crippen MR) is 136 cm³/mol. The van der Waals surface area contributed by atoms with Crippen LogP contribution in [0.15, 0.2) is 48.7 Å². The first-order valence-corrected chi connectivity index (χ1v) is 12.0. The van der Waals surface area contributed by atoms with Gasteiger partial charge in [-0.05, 0) is 31.5 Å². The molecule has 0 unspecified atom stereocenters. The molecule has 0 aliphatic carbocycles. The summed E-state index contributed by atoms with van der Waals surface area (Å²) in [5.74, 6) is -6.00. The van der Waals surface area contributed by atoms with Gasteiger partial charge in [0.1, 0.15) is 35.3 Å². The summed E-state index contributed by atoms with van der Waals surface area (Å²) in [5.41, 5.74) is -0.0718. The molecule has 212 valence electrons. The Labute approximate surface area is 228 Å². The highest BCUT2D eigenvalue weighted by Crippen LogP contribution is 2.37. The Morgan fingerprint density at radius 2 is 1.50 bits per heavy atom. The minimum atomic E-state index is -1.25. The zero-order valence-electron chi connectivity index (χ0n) is 22.3. The number of benzene rings is 2. The minimum absolute atomic E-state index is 0.0325. The lowest BCUT2D eigenvalue weighted by molar-refractivity contribution is -0.150. The number of carbonyl (C=O) groups excluding carboxylic acids is 3. The molecule has 1 amide bonds. The van der Waals surface area contributed by atoms with Gasteiger partial charge in [-0.3, -0.25) is 9.59 Å². The first-order chi connectivity index (χ1) is 19.0. The van der Waals surface area contributed by atoms with Gasteiger partial charge in [0.05, 0.1) is 20.1 Å². The summed E-state index contributed by atoms with van der Waals surface area (Å²) < 4.78 is 63.5. The van der Waals surface area contributed by atoms with E-state index in [1.807, 2.05) is 0 Å². The summed E-state index contributed by atoms with van der Waals surface area (Å²) in [7, 11) is 2.60. The van der Waals surface area contributed by atoms with Gasteiger partial charge in [-0.2, -0.15) is 0 Å². The number of nitrogens with one attached hydrogen (secondary N) is 1. The molecule has 1 aromatic heterocycles. The number of ether oxygens (including phenoxy) is 4. The standard InChI is InChI=1S/C28H27F3N2O7/c1-14(33-27(35)25-26(40-16(3)34)22(37-4)10-11-32-25)28(36)39-15(2)24(19-8-6-17(29)12-21(19)31)20-9-7-18(30)13-23(20)38-5/h6-15,24H,1-5H3,(H,33,35)/t14-,15-,24+/m0/s1. The summed E-state index contributed by atoms with van der Waals surface area (Å²) in [6.45, 7) is 3.93. The van der Waals surface area contributed by atoms with E-state index in [1.165, 1.54) is 52.5 Å². The molecule has 0 fully saturated rings. The zero-order valence-corrected chi connectivity index (χ0v) is 22.3. The van der Waals surface area contributed by atoms with E-state index in [9.17, 15) is 27.6 Å². The SMILES string of the molecule is COc1cc(F)ccc1[C@@H](c1ccc(F)cc1F)[C@H](C)OC(=O)[C@H](C)NC(=O)c1nccc(OC)c1OC(C)=O. The van der Waals surface area contributed by atoms with Gasteiger partial charge in [-0.25, -0.2) is 22.9 Å². The molecule has 3 atom stereocenters. The molecule has 12 heteroatoms. The molecule has 40 heavy (non-hydrogen) atoms. The van der Waals surface area contributed by atoms with Gasteiger partial charge in [0.2, 0.25) is 5.75 Å². The number of pyridine rings is 1. The van der Waals surface area contributed by atoms with Crippen LogP contribution in [0.25, 0.3) is 0 Å². The number of hydrogen-bond acceptors (Lipinski definition) is 8. The summed E-state index contributed by atoms with van der Waals surface area (Å²) >= 11 is 0. The van der Waals surface area contributed by atoms with Crippen LogP contribution in [0.3, 0.4) is 0 Å². The van der Waals surface area contributed by atoms with Crippen LogP contribution in [0.1, 0.15) is 48.3 Å². The van der Waals surface area contributed by atoms with Crippen molar-refractivity contribution in [3.63, 3.8) is 0 Å². The average molecular weight is 561 g/mol. The van der Waals surface area contributed by atoms with E-state index < -0.39 is 53.4 Å². The van der Waals surface area contributed by atoms with Crippen LogP contribution < -0.4 is 19.5 Å². The van der Waals surface area contributed by atoms with Crippen molar-refractivity contribution in [3.05, 3.63) is 82.9 Å². The van der Waals surface area contributed by atoms with Crippen LogP contribution in [-0.2, 0) is 14.3 Å². The van der Waals surface area contributed by atoms with Crippen molar-refractivity contribution in [1.29, 1.82) is 0 Å². The number of hydrogen-bond donors (Lipinski definition) is 1. The number of methoxy groups -OCH3 is 2. The maximum Gasteiger partial charge on any atom is 0.328 e. The topological polar surface area (TPSA) is 113 Å². The van der Waals surface area contributed by atoms with Crippen LogP contribution in [0.5, 0.6) is 17.2 Å². The molecule has 0 radical (unpaired) electrons. The van der Waals surface area contributed by atoms with Crippen molar-refractivity contribution in [2.24, 2.45) is 0 Å². The molecule has 0 saturated heterocycles. The molecular weight excluding hydrogens is 533 g/mol. The summed E-state index contributed by atoms with van der Waals surface area (Å²) in [6.07, 6.45) is 0.154. The van der Waals surface area contributed by atoms with Crippen molar-refractivity contribution in [3.8, 4) is 17.2 Å². The van der Waals surface area contributed by atoms with E-state index in [1.54, 1.807) is 0 Å². The van der Waals surface area contributed by atoms with Gasteiger partial charge in [0.25, 0.3) is 5.91 Å². The Bertz CT molecular complexity index is 1420. The summed E-state index contributed by atoms with van der Waals surface area (Å²) in [5, 5.41) is 2.41.